The highest BCUT2D eigenvalue weighted by atomic mass is 32.1. The number of thiazole rings is 1. The molecular formula is C13H15N3O3S. The summed E-state index contributed by atoms with van der Waals surface area (Å²) in [7, 11) is 0. The van der Waals surface area contributed by atoms with Gasteiger partial charge in [-0.2, -0.15) is 0 Å². The van der Waals surface area contributed by atoms with Crippen molar-refractivity contribution in [3.8, 4) is 0 Å². The number of hydrogen-bond donors (Lipinski definition) is 2. The third-order valence-corrected chi connectivity index (χ3v) is 4.19. The number of carboxylic acids is 1. The van der Waals surface area contributed by atoms with Crippen LogP contribution in [0, 0.1) is 5.92 Å². The maximum absolute atomic E-state index is 12.0. The summed E-state index contributed by atoms with van der Waals surface area (Å²) >= 11 is 1.51. The number of nitrogens with zero attached hydrogens (tertiary/aromatic N) is 2. The molecule has 0 saturated heterocycles. The number of rotatable bonds is 6. The Hall–Kier alpha value is -1.89. The lowest BCUT2D eigenvalue weighted by Gasteiger charge is -2.15. The van der Waals surface area contributed by atoms with E-state index in [2.05, 4.69) is 10.3 Å². The van der Waals surface area contributed by atoms with Gasteiger partial charge in [-0.15, -0.1) is 11.3 Å². The molecule has 20 heavy (non-hydrogen) atoms. The van der Waals surface area contributed by atoms with E-state index in [4.69, 9.17) is 5.11 Å². The highest BCUT2D eigenvalue weighted by Crippen LogP contribution is 2.34. The minimum Gasteiger partial charge on any atom is -0.481 e. The van der Waals surface area contributed by atoms with Crippen LogP contribution in [-0.4, -0.2) is 32.4 Å². The molecule has 2 heterocycles. The van der Waals surface area contributed by atoms with Crippen LogP contribution in [0.1, 0.15) is 25.0 Å². The molecule has 6 nitrogen and oxygen atoms in total. The van der Waals surface area contributed by atoms with E-state index in [1.807, 2.05) is 22.2 Å². The number of aromatic nitrogens is 2. The second kappa shape index (κ2) is 5.24. The first kappa shape index (κ1) is 13.1. The lowest BCUT2D eigenvalue weighted by atomic mass is 10.1. The van der Waals surface area contributed by atoms with E-state index in [1.165, 1.54) is 11.3 Å². The average molecular weight is 293 g/mol. The SMILES string of the molecule is O=C(O)CC(NC(=O)Cc1cn2ccsc2n1)C1CC1. The lowest BCUT2D eigenvalue weighted by molar-refractivity contribution is -0.137. The Morgan fingerprint density at radius 3 is 3.00 bits per heavy atom. The number of carbonyl (C=O) groups excluding carboxylic acids is 1. The van der Waals surface area contributed by atoms with Crippen molar-refractivity contribution in [3.05, 3.63) is 23.5 Å². The van der Waals surface area contributed by atoms with E-state index in [1.54, 1.807) is 0 Å². The van der Waals surface area contributed by atoms with Crippen LogP contribution in [0.5, 0.6) is 0 Å². The Morgan fingerprint density at radius 1 is 1.55 bits per heavy atom. The van der Waals surface area contributed by atoms with Crippen LogP contribution >= 0.6 is 11.3 Å². The smallest absolute Gasteiger partial charge is 0.305 e. The number of hydrogen-bond acceptors (Lipinski definition) is 4. The standard InChI is InChI=1S/C13H15N3O3S/c17-11(15-10(6-12(18)19)8-1-2-8)5-9-7-16-3-4-20-13(16)14-9/h3-4,7-8,10H,1-2,5-6H2,(H,15,17)(H,18,19). The van der Waals surface area contributed by atoms with Crippen molar-refractivity contribution in [2.24, 2.45) is 5.92 Å². The van der Waals surface area contributed by atoms with Crippen LogP contribution in [0.15, 0.2) is 17.8 Å². The number of carbonyl (C=O) groups is 2. The first-order valence-corrected chi connectivity index (χ1v) is 7.42. The molecule has 3 rings (SSSR count). The summed E-state index contributed by atoms with van der Waals surface area (Å²) in [5, 5.41) is 13.6. The van der Waals surface area contributed by atoms with Gasteiger partial charge in [-0.05, 0) is 18.8 Å². The topological polar surface area (TPSA) is 83.7 Å². The van der Waals surface area contributed by atoms with Gasteiger partial charge in [0, 0.05) is 23.8 Å². The van der Waals surface area contributed by atoms with Gasteiger partial charge in [-0.1, -0.05) is 0 Å². The maximum atomic E-state index is 12.0. The molecule has 0 radical (unpaired) electrons. The fraction of sp³-hybridized carbons (Fsp3) is 0.462. The summed E-state index contributed by atoms with van der Waals surface area (Å²) in [5.74, 6) is -0.709. The van der Waals surface area contributed by atoms with E-state index in [0.29, 0.717) is 11.6 Å². The van der Waals surface area contributed by atoms with Gasteiger partial charge in [-0.3, -0.25) is 14.0 Å². The number of amides is 1. The zero-order valence-corrected chi connectivity index (χ0v) is 11.6. The number of imidazole rings is 1. The Balaban J connectivity index is 1.60. The van der Waals surface area contributed by atoms with Gasteiger partial charge in [-0.25, -0.2) is 4.98 Å². The predicted octanol–water partition coefficient (Wildman–Crippen LogP) is 1.31. The third-order valence-electron chi connectivity index (χ3n) is 3.42. The number of carboxylic acid groups (broad SMARTS) is 1. The first-order valence-electron chi connectivity index (χ1n) is 6.54. The molecule has 1 unspecified atom stereocenters. The molecule has 2 aromatic rings. The van der Waals surface area contributed by atoms with Gasteiger partial charge < -0.3 is 10.4 Å². The molecule has 1 fully saturated rings. The van der Waals surface area contributed by atoms with Crippen LogP contribution in [0.3, 0.4) is 0 Å². The van der Waals surface area contributed by atoms with Gasteiger partial charge >= 0.3 is 5.97 Å². The van der Waals surface area contributed by atoms with Gasteiger partial charge in [0.1, 0.15) is 0 Å². The highest BCUT2D eigenvalue weighted by Gasteiger charge is 2.33. The van der Waals surface area contributed by atoms with Crippen molar-refractivity contribution >= 4 is 28.2 Å². The van der Waals surface area contributed by atoms with Crippen molar-refractivity contribution in [1.82, 2.24) is 14.7 Å². The van der Waals surface area contributed by atoms with Gasteiger partial charge in [0.15, 0.2) is 4.96 Å². The van der Waals surface area contributed by atoms with E-state index >= 15 is 0 Å². The second-order valence-electron chi connectivity index (χ2n) is 5.11. The quantitative estimate of drug-likeness (QED) is 0.841. The number of nitrogens with one attached hydrogen (secondary N) is 1. The van der Waals surface area contributed by atoms with Crippen LogP contribution < -0.4 is 5.32 Å². The van der Waals surface area contributed by atoms with Crippen molar-refractivity contribution in [2.45, 2.75) is 31.7 Å². The molecule has 1 aliphatic rings. The molecule has 0 spiro atoms. The normalized spacial score (nSPS) is 16.2. The van der Waals surface area contributed by atoms with Crippen molar-refractivity contribution < 1.29 is 14.7 Å². The Morgan fingerprint density at radius 2 is 2.35 bits per heavy atom. The summed E-state index contributed by atoms with van der Waals surface area (Å²) in [4.78, 5) is 28.0. The second-order valence-corrected chi connectivity index (χ2v) is 5.98. The van der Waals surface area contributed by atoms with E-state index in [9.17, 15) is 9.59 Å². The van der Waals surface area contributed by atoms with E-state index in [0.717, 1.165) is 17.8 Å². The lowest BCUT2D eigenvalue weighted by Crippen LogP contribution is -2.39. The molecule has 0 bridgehead atoms. The summed E-state index contributed by atoms with van der Waals surface area (Å²) < 4.78 is 1.88. The zero-order chi connectivity index (χ0) is 14.1. The van der Waals surface area contributed by atoms with Gasteiger partial charge in [0.2, 0.25) is 5.91 Å². The Labute approximate surface area is 119 Å². The molecule has 0 aliphatic heterocycles. The van der Waals surface area contributed by atoms with Crippen LogP contribution in [0.25, 0.3) is 4.96 Å². The van der Waals surface area contributed by atoms with Crippen LogP contribution in [-0.2, 0) is 16.0 Å². The minimum atomic E-state index is -0.871. The van der Waals surface area contributed by atoms with Crippen molar-refractivity contribution in [2.75, 3.05) is 0 Å². The Bertz CT molecular complexity index is 616. The van der Waals surface area contributed by atoms with E-state index in [-0.39, 0.29) is 24.8 Å². The summed E-state index contributed by atoms with van der Waals surface area (Å²) in [6.45, 7) is 0. The summed E-state index contributed by atoms with van der Waals surface area (Å²) in [5.41, 5.74) is 0.708. The van der Waals surface area contributed by atoms with Crippen molar-refractivity contribution in [3.63, 3.8) is 0 Å². The predicted molar refractivity (Wildman–Crippen MR) is 73.7 cm³/mol. The summed E-state index contributed by atoms with van der Waals surface area (Å²) in [6.07, 6.45) is 5.91. The average Bonchev–Trinajstić information content (AvgIpc) is 3.00. The monoisotopic (exact) mass is 293 g/mol. The van der Waals surface area contributed by atoms with Gasteiger partial charge in [0.25, 0.3) is 0 Å². The molecule has 1 aliphatic carbocycles. The molecule has 2 N–H and O–H groups in total. The fourth-order valence-corrected chi connectivity index (χ4v) is 3.02. The number of fused-ring (bicyclic) bond motifs is 1. The molecule has 2 aromatic heterocycles. The van der Waals surface area contributed by atoms with E-state index < -0.39 is 5.97 Å². The van der Waals surface area contributed by atoms with Gasteiger partial charge in [0.05, 0.1) is 18.5 Å². The fourth-order valence-electron chi connectivity index (χ4n) is 2.31. The van der Waals surface area contributed by atoms with Crippen LogP contribution in [0.4, 0.5) is 0 Å². The largest absolute Gasteiger partial charge is 0.481 e. The van der Waals surface area contributed by atoms with Crippen molar-refractivity contribution in [1.29, 1.82) is 0 Å². The minimum absolute atomic E-state index is 0.00527. The zero-order valence-electron chi connectivity index (χ0n) is 10.8. The third kappa shape index (κ3) is 2.98. The molecule has 106 valence electrons. The first-order chi connectivity index (χ1) is 9.61. The molecular weight excluding hydrogens is 278 g/mol. The molecule has 1 amide bonds. The maximum Gasteiger partial charge on any atom is 0.305 e. The molecule has 1 saturated carbocycles. The number of aliphatic carboxylic acids is 1. The molecule has 7 heteroatoms. The molecule has 0 aromatic carbocycles. The highest BCUT2D eigenvalue weighted by molar-refractivity contribution is 7.15. The van der Waals surface area contributed by atoms with Crippen LogP contribution in [0.2, 0.25) is 0 Å². The molecule has 1 atom stereocenters. The Kier molecular flexibility index (Phi) is 3.43. The summed E-state index contributed by atoms with van der Waals surface area (Å²) in [6, 6.07) is -0.247.